The van der Waals surface area contributed by atoms with Gasteiger partial charge >= 0.3 is 0 Å². The minimum atomic E-state index is 0.325. The van der Waals surface area contributed by atoms with Crippen LogP contribution in [0.2, 0.25) is 0 Å². The molecule has 1 heterocycles. The van der Waals surface area contributed by atoms with E-state index in [1.165, 1.54) is 32.1 Å². The van der Waals surface area contributed by atoms with Gasteiger partial charge in [0, 0.05) is 24.4 Å². The predicted molar refractivity (Wildman–Crippen MR) is 76.0 cm³/mol. The summed E-state index contributed by atoms with van der Waals surface area (Å²) in [6.45, 7) is 0.957. The van der Waals surface area contributed by atoms with Gasteiger partial charge in [-0.3, -0.25) is 4.79 Å². The minimum absolute atomic E-state index is 0.325. The molecule has 0 N–H and O–H groups in total. The van der Waals surface area contributed by atoms with Crippen molar-refractivity contribution in [3.05, 3.63) is 0 Å². The van der Waals surface area contributed by atoms with E-state index in [-0.39, 0.29) is 0 Å². The molecule has 19 heavy (non-hydrogen) atoms. The zero-order chi connectivity index (χ0) is 13.0. The largest absolute Gasteiger partial charge is 0.338 e. The van der Waals surface area contributed by atoms with E-state index in [0.29, 0.717) is 35.6 Å². The van der Waals surface area contributed by atoms with Gasteiger partial charge in [0.25, 0.3) is 0 Å². The van der Waals surface area contributed by atoms with Crippen LogP contribution in [0.1, 0.15) is 44.9 Å². The third-order valence-corrected chi connectivity index (χ3v) is 6.71. The Balaban J connectivity index is 1.54. The van der Waals surface area contributed by atoms with E-state index in [4.69, 9.17) is 11.6 Å². The summed E-state index contributed by atoms with van der Waals surface area (Å²) in [5, 5.41) is 0. The lowest BCUT2D eigenvalue weighted by Crippen LogP contribution is -2.53. The summed E-state index contributed by atoms with van der Waals surface area (Å²) in [5.74, 6) is 4.77. The summed E-state index contributed by atoms with van der Waals surface area (Å²) >= 11 is 6.04. The van der Waals surface area contributed by atoms with Gasteiger partial charge in [0.05, 0.1) is 0 Å². The van der Waals surface area contributed by atoms with Gasteiger partial charge in [-0.15, -0.1) is 11.6 Å². The second-order valence-corrected chi connectivity index (χ2v) is 7.75. The maximum Gasteiger partial charge on any atom is 0.226 e. The van der Waals surface area contributed by atoms with E-state index in [1.54, 1.807) is 0 Å². The van der Waals surface area contributed by atoms with Gasteiger partial charge in [-0.1, -0.05) is 0 Å². The van der Waals surface area contributed by atoms with Crippen molar-refractivity contribution in [1.29, 1.82) is 0 Å². The quantitative estimate of drug-likeness (QED) is 0.711. The van der Waals surface area contributed by atoms with Crippen LogP contribution in [0.15, 0.2) is 0 Å². The van der Waals surface area contributed by atoms with Crippen LogP contribution in [0.5, 0.6) is 0 Å². The molecule has 1 atom stereocenters. The van der Waals surface area contributed by atoms with Crippen molar-refractivity contribution in [1.82, 2.24) is 4.90 Å². The summed E-state index contributed by atoms with van der Waals surface area (Å²) in [5.41, 5.74) is 0. The van der Waals surface area contributed by atoms with Gasteiger partial charge in [0.1, 0.15) is 0 Å². The molecule has 4 saturated carbocycles. The molecule has 1 aliphatic heterocycles. The number of rotatable bonds is 2. The first-order valence-electron chi connectivity index (χ1n) is 8.12. The fourth-order valence-corrected chi connectivity index (χ4v) is 6.13. The number of likely N-dealkylation sites (tertiary alicyclic amines) is 1. The van der Waals surface area contributed by atoms with E-state index >= 15 is 0 Å². The molecule has 0 spiro atoms. The Labute approximate surface area is 120 Å². The third-order valence-electron chi connectivity index (χ3n) is 6.35. The van der Waals surface area contributed by atoms with Crippen LogP contribution in [-0.4, -0.2) is 29.3 Å². The second kappa shape index (κ2) is 4.65. The number of amides is 1. The van der Waals surface area contributed by atoms with Crippen LogP contribution >= 0.6 is 11.6 Å². The number of carbonyl (C=O) groups is 1. The van der Waals surface area contributed by atoms with Gasteiger partial charge in [0.15, 0.2) is 0 Å². The molecule has 0 aromatic carbocycles. The van der Waals surface area contributed by atoms with Gasteiger partial charge in [0.2, 0.25) is 5.91 Å². The number of halogens is 1. The molecule has 4 aliphatic carbocycles. The Kier molecular flexibility index (Phi) is 3.06. The molecule has 0 radical (unpaired) electrons. The summed E-state index contributed by atoms with van der Waals surface area (Å²) in [4.78, 5) is 15.1. The maximum absolute atomic E-state index is 13.0. The Morgan fingerprint density at radius 3 is 2.26 bits per heavy atom. The summed E-state index contributed by atoms with van der Waals surface area (Å²) in [6, 6.07) is 0.325. The SMILES string of the molecule is O=C(C1C2CC3CC(C2)CC1C3)N1CCCC1CCl. The van der Waals surface area contributed by atoms with E-state index in [0.717, 1.165) is 31.2 Å². The second-order valence-electron chi connectivity index (χ2n) is 7.44. The smallest absolute Gasteiger partial charge is 0.226 e. The lowest BCUT2D eigenvalue weighted by molar-refractivity contribution is -0.149. The first-order valence-corrected chi connectivity index (χ1v) is 8.66. The molecule has 5 aliphatic rings. The van der Waals surface area contributed by atoms with Crippen molar-refractivity contribution in [2.24, 2.45) is 29.6 Å². The number of hydrogen-bond acceptors (Lipinski definition) is 1. The fourth-order valence-electron chi connectivity index (χ4n) is 5.81. The molecule has 1 unspecified atom stereocenters. The van der Waals surface area contributed by atoms with Crippen molar-refractivity contribution < 1.29 is 4.79 Å². The normalized spacial score (nSPS) is 47.9. The average Bonchev–Trinajstić information content (AvgIpc) is 2.85. The maximum atomic E-state index is 13.0. The number of hydrogen-bond donors (Lipinski definition) is 0. The molecule has 3 heteroatoms. The first kappa shape index (κ1) is 12.5. The number of nitrogens with zero attached hydrogens (tertiary/aromatic N) is 1. The fraction of sp³-hybridized carbons (Fsp3) is 0.938. The molecule has 4 bridgehead atoms. The van der Waals surface area contributed by atoms with Crippen LogP contribution in [0.25, 0.3) is 0 Å². The van der Waals surface area contributed by atoms with Crippen LogP contribution in [0, 0.1) is 29.6 Å². The van der Waals surface area contributed by atoms with Gasteiger partial charge in [-0.05, 0) is 68.6 Å². The molecule has 5 rings (SSSR count). The number of alkyl halides is 1. The van der Waals surface area contributed by atoms with Crippen molar-refractivity contribution in [3.63, 3.8) is 0 Å². The van der Waals surface area contributed by atoms with E-state index in [9.17, 15) is 4.79 Å². The summed E-state index contributed by atoms with van der Waals surface area (Å²) < 4.78 is 0. The van der Waals surface area contributed by atoms with Crippen molar-refractivity contribution in [3.8, 4) is 0 Å². The van der Waals surface area contributed by atoms with E-state index < -0.39 is 0 Å². The molecule has 106 valence electrons. The molecular formula is C16H24ClNO. The Morgan fingerprint density at radius 1 is 1.05 bits per heavy atom. The molecular weight excluding hydrogens is 258 g/mol. The first-order chi connectivity index (χ1) is 9.26. The standard InChI is InChI=1S/C16H24ClNO/c17-9-14-2-1-3-18(14)16(19)15-12-5-10-4-11(7-12)8-13(15)6-10/h10-15H,1-9H2. The number of carbonyl (C=O) groups excluding carboxylic acids is 1. The highest BCUT2D eigenvalue weighted by molar-refractivity contribution is 6.18. The molecule has 5 fully saturated rings. The average molecular weight is 282 g/mol. The molecule has 0 aromatic heterocycles. The monoisotopic (exact) mass is 281 g/mol. The lowest BCUT2D eigenvalue weighted by atomic mass is 9.51. The van der Waals surface area contributed by atoms with Gasteiger partial charge in [-0.2, -0.15) is 0 Å². The highest BCUT2D eigenvalue weighted by atomic mass is 35.5. The van der Waals surface area contributed by atoms with Crippen LogP contribution in [0.4, 0.5) is 0 Å². The van der Waals surface area contributed by atoms with E-state index in [1.807, 2.05) is 0 Å². The van der Waals surface area contributed by atoms with Gasteiger partial charge < -0.3 is 4.90 Å². The van der Waals surface area contributed by atoms with Crippen LogP contribution in [0.3, 0.4) is 0 Å². The van der Waals surface area contributed by atoms with Crippen LogP contribution in [-0.2, 0) is 4.79 Å². The van der Waals surface area contributed by atoms with Crippen molar-refractivity contribution in [2.75, 3.05) is 12.4 Å². The molecule has 1 amide bonds. The molecule has 2 nitrogen and oxygen atoms in total. The molecule has 0 aromatic rings. The highest BCUT2D eigenvalue weighted by Gasteiger charge is 2.52. The van der Waals surface area contributed by atoms with Crippen LogP contribution < -0.4 is 0 Å². The Morgan fingerprint density at radius 2 is 1.68 bits per heavy atom. The highest BCUT2D eigenvalue weighted by Crippen LogP contribution is 2.57. The minimum Gasteiger partial charge on any atom is -0.338 e. The Hall–Kier alpha value is -0.240. The zero-order valence-electron chi connectivity index (χ0n) is 11.6. The topological polar surface area (TPSA) is 20.3 Å². The Bertz CT molecular complexity index is 355. The summed E-state index contributed by atoms with van der Waals surface area (Å²) in [7, 11) is 0. The molecule has 1 saturated heterocycles. The zero-order valence-corrected chi connectivity index (χ0v) is 12.3. The summed E-state index contributed by atoms with van der Waals surface area (Å²) in [6.07, 6.45) is 9.07. The third kappa shape index (κ3) is 1.93. The van der Waals surface area contributed by atoms with E-state index in [2.05, 4.69) is 4.90 Å². The van der Waals surface area contributed by atoms with Gasteiger partial charge in [-0.25, -0.2) is 0 Å². The van der Waals surface area contributed by atoms with Crippen molar-refractivity contribution in [2.45, 2.75) is 51.0 Å². The predicted octanol–water partition coefficient (Wildman–Crippen LogP) is 3.29. The van der Waals surface area contributed by atoms with Crippen molar-refractivity contribution >= 4 is 17.5 Å². The lowest BCUT2D eigenvalue weighted by Gasteiger charge is -2.54.